The molecular weight excluding hydrogens is 358 g/mol. The van der Waals surface area contributed by atoms with E-state index in [9.17, 15) is 20.3 Å². The average molecular weight is 379 g/mol. The molecule has 1 aromatic heterocycles. The number of aliphatic hydroxyl groups is 1. The first-order chi connectivity index (χ1) is 13.4. The van der Waals surface area contributed by atoms with Crippen molar-refractivity contribution >= 4 is 11.7 Å². The minimum absolute atomic E-state index is 0.153. The van der Waals surface area contributed by atoms with E-state index in [0.717, 1.165) is 11.3 Å². The summed E-state index contributed by atoms with van der Waals surface area (Å²) < 4.78 is 5.71. The molecule has 7 heteroatoms. The van der Waals surface area contributed by atoms with Gasteiger partial charge in [0.05, 0.1) is 47.6 Å². The van der Waals surface area contributed by atoms with Crippen molar-refractivity contribution < 1.29 is 19.7 Å². The number of aryl methyl sites for hydroxylation is 1. The molecule has 2 aromatic rings. The van der Waals surface area contributed by atoms with Crippen LogP contribution in [0.1, 0.15) is 47.6 Å². The maximum absolute atomic E-state index is 12.2. The number of carboxylic acid groups (broad SMARTS) is 1. The van der Waals surface area contributed by atoms with Crippen LogP contribution in [0.25, 0.3) is 0 Å². The highest BCUT2D eigenvalue weighted by atomic mass is 16.5. The van der Waals surface area contributed by atoms with Crippen molar-refractivity contribution in [1.82, 2.24) is 4.98 Å². The Morgan fingerprint density at radius 1 is 1.39 bits per heavy atom. The van der Waals surface area contributed by atoms with E-state index in [2.05, 4.69) is 10.3 Å². The fraction of sp³-hybridized carbons (Fsp3) is 0.286. The van der Waals surface area contributed by atoms with E-state index in [4.69, 9.17) is 4.74 Å². The standard InChI is InChI=1S/C21H21N3O4/c1-4-28-20-18-17(15-6-5-13(8-22)7-14(15)10-25)16(21(26)27)12(3)24-19(18)11(2)9-23-20/h5-7,9,17,24-25H,4,10H2,1-3H3,(H,26,27)/t17-/m0/s1. The van der Waals surface area contributed by atoms with E-state index in [1.165, 1.54) is 0 Å². The van der Waals surface area contributed by atoms with E-state index in [1.54, 1.807) is 31.3 Å². The van der Waals surface area contributed by atoms with Gasteiger partial charge in [0.2, 0.25) is 5.88 Å². The quantitative estimate of drug-likeness (QED) is 0.731. The molecule has 144 valence electrons. The summed E-state index contributed by atoms with van der Waals surface area (Å²) in [6.07, 6.45) is 1.68. The Balaban J connectivity index is 2.37. The second kappa shape index (κ2) is 7.71. The average Bonchev–Trinajstić information content (AvgIpc) is 2.68. The Labute approximate surface area is 162 Å². The van der Waals surface area contributed by atoms with Gasteiger partial charge in [-0.25, -0.2) is 9.78 Å². The highest BCUT2D eigenvalue weighted by molar-refractivity contribution is 5.94. The molecule has 0 saturated heterocycles. The van der Waals surface area contributed by atoms with Crippen LogP contribution < -0.4 is 10.1 Å². The van der Waals surface area contributed by atoms with Crippen molar-refractivity contribution in [2.45, 2.75) is 33.3 Å². The number of nitriles is 1. The van der Waals surface area contributed by atoms with Crippen LogP contribution in [0.4, 0.5) is 5.69 Å². The van der Waals surface area contributed by atoms with Gasteiger partial charge in [-0.05, 0) is 49.6 Å². The third-order valence-corrected chi connectivity index (χ3v) is 4.83. The molecule has 1 aromatic carbocycles. The van der Waals surface area contributed by atoms with Gasteiger partial charge in [-0.2, -0.15) is 5.26 Å². The summed E-state index contributed by atoms with van der Waals surface area (Å²) in [7, 11) is 0. The number of rotatable bonds is 5. The van der Waals surface area contributed by atoms with Gasteiger partial charge in [0.25, 0.3) is 0 Å². The molecule has 0 fully saturated rings. The molecule has 3 N–H and O–H groups in total. The molecule has 1 aliphatic heterocycles. The zero-order chi connectivity index (χ0) is 20.4. The Hall–Kier alpha value is -3.37. The first kappa shape index (κ1) is 19.4. The normalized spacial score (nSPS) is 15.5. The number of nitrogens with one attached hydrogen (secondary N) is 1. The number of carbonyl (C=O) groups is 1. The summed E-state index contributed by atoms with van der Waals surface area (Å²) in [4.78, 5) is 16.5. The van der Waals surface area contributed by atoms with Gasteiger partial charge in [0.1, 0.15) is 0 Å². The predicted octanol–water partition coefficient (Wildman–Crippen LogP) is 3.07. The number of fused-ring (bicyclic) bond motifs is 1. The van der Waals surface area contributed by atoms with E-state index in [0.29, 0.717) is 40.4 Å². The zero-order valence-electron chi connectivity index (χ0n) is 15.9. The minimum Gasteiger partial charge on any atom is -0.478 e. The number of carboxylic acids is 1. The van der Waals surface area contributed by atoms with Crippen molar-refractivity contribution in [3.8, 4) is 11.9 Å². The molecule has 0 amide bonds. The molecule has 0 aliphatic carbocycles. The molecule has 2 heterocycles. The minimum atomic E-state index is -1.07. The number of pyridine rings is 1. The van der Waals surface area contributed by atoms with Gasteiger partial charge in [0.15, 0.2) is 0 Å². The van der Waals surface area contributed by atoms with Crippen molar-refractivity contribution in [3.63, 3.8) is 0 Å². The summed E-state index contributed by atoms with van der Waals surface area (Å²) >= 11 is 0. The summed E-state index contributed by atoms with van der Waals surface area (Å²) in [5.41, 5.74) is 4.37. The Bertz CT molecular complexity index is 1020. The number of benzene rings is 1. The van der Waals surface area contributed by atoms with Gasteiger partial charge >= 0.3 is 5.97 Å². The number of anilines is 1. The lowest BCUT2D eigenvalue weighted by molar-refractivity contribution is -0.133. The van der Waals surface area contributed by atoms with Crippen LogP contribution in [0, 0.1) is 18.3 Å². The number of aliphatic hydroxyl groups excluding tert-OH is 1. The lowest BCUT2D eigenvalue weighted by Crippen LogP contribution is -2.25. The Morgan fingerprint density at radius 2 is 2.14 bits per heavy atom. The van der Waals surface area contributed by atoms with Crippen LogP contribution in [0.5, 0.6) is 5.88 Å². The van der Waals surface area contributed by atoms with Gasteiger partial charge in [0, 0.05) is 11.9 Å². The van der Waals surface area contributed by atoms with E-state index in [-0.39, 0.29) is 12.2 Å². The molecule has 0 unspecified atom stereocenters. The van der Waals surface area contributed by atoms with Crippen LogP contribution in [-0.4, -0.2) is 27.8 Å². The summed E-state index contributed by atoms with van der Waals surface area (Å²) in [6.45, 7) is 5.48. The number of allylic oxidation sites excluding steroid dienone is 1. The van der Waals surface area contributed by atoms with Gasteiger partial charge in [-0.15, -0.1) is 0 Å². The number of hydrogen-bond acceptors (Lipinski definition) is 6. The van der Waals surface area contributed by atoms with E-state index in [1.807, 2.05) is 19.9 Å². The zero-order valence-corrected chi connectivity index (χ0v) is 15.9. The molecule has 0 bridgehead atoms. The summed E-state index contributed by atoms with van der Waals surface area (Å²) in [5, 5.41) is 32.2. The summed E-state index contributed by atoms with van der Waals surface area (Å²) in [6, 6.07) is 6.94. The molecule has 28 heavy (non-hydrogen) atoms. The Morgan fingerprint density at radius 3 is 2.75 bits per heavy atom. The summed E-state index contributed by atoms with van der Waals surface area (Å²) in [5.74, 6) is -1.42. The molecule has 0 radical (unpaired) electrons. The maximum Gasteiger partial charge on any atom is 0.334 e. The smallest absolute Gasteiger partial charge is 0.334 e. The van der Waals surface area contributed by atoms with Gasteiger partial charge < -0.3 is 20.3 Å². The number of nitrogens with zero attached hydrogens (tertiary/aromatic N) is 2. The monoisotopic (exact) mass is 379 g/mol. The number of aromatic nitrogens is 1. The Kier molecular flexibility index (Phi) is 5.34. The first-order valence-electron chi connectivity index (χ1n) is 8.90. The molecule has 0 saturated carbocycles. The third kappa shape index (κ3) is 3.19. The topological polar surface area (TPSA) is 115 Å². The fourth-order valence-electron chi connectivity index (χ4n) is 3.60. The van der Waals surface area contributed by atoms with Crippen LogP contribution in [0.2, 0.25) is 0 Å². The lowest BCUT2D eigenvalue weighted by Gasteiger charge is -2.32. The van der Waals surface area contributed by atoms with E-state index >= 15 is 0 Å². The number of ether oxygens (including phenoxy) is 1. The SMILES string of the molecule is CCOc1ncc(C)c2c1[C@@H](c1ccc(C#N)cc1CO)C(C(=O)O)=C(C)N2. The molecule has 0 spiro atoms. The van der Waals surface area contributed by atoms with Gasteiger partial charge in [-0.3, -0.25) is 0 Å². The van der Waals surface area contributed by atoms with Crippen LogP contribution in [-0.2, 0) is 11.4 Å². The second-order valence-electron chi connectivity index (χ2n) is 6.55. The van der Waals surface area contributed by atoms with Crippen LogP contribution in [0.3, 0.4) is 0 Å². The van der Waals surface area contributed by atoms with Crippen molar-refractivity contribution in [3.05, 3.63) is 63.5 Å². The van der Waals surface area contributed by atoms with Crippen molar-refractivity contribution in [2.24, 2.45) is 0 Å². The van der Waals surface area contributed by atoms with Crippen molar-refractivity contribution in [2.75, 3.05) is 11.9 Å². The lowest BCUT2D eigenvalue weighted by atomic mass is 9.78. The van der Waals surface area contributed by atoms with Gasteiger partial charge in [-0.1, -0.05) is 6.07 Å². The highest BCUT2D eigenvalue weighted by Gasteiger charge is 2.37. The van der Waals surface area contributed by atoms with Crippen molar-refractivity contribution in [1.29, 1.82) is 5.26 Å². The largest absolute Gasteiger partial charge is 0.478 e. The fourth-order valence-corrected chi connectivity index (χ4v) is 3.60. The highest BCUT2D eigenvalue weighted by Crippen LogP contribution is 2.47. The number of hydrogen-bond donors (Lipinski definition) is 3. The first-order valence-corrected chi connectivity index (χ1v) is 8.90. The number of aliphatic carboxylic acids is 1. The maximum atomic E-state index is 12.2. The predicted molar refractivity (Wildman–Crippen MR) is 103 cm³/mol. The van der Waals surface area contributed by atoms with E-state index < -0.39 is 11.9 Å². The molecular formula is C21H21N3O4. The van der Waals surface area contributed by atoms with Crippen LogP contribution >= 0.6 is 0 Å². The molecule has 1 atom stereocenters. The van der Waals surface area contributed by atoms with Crippen LogP contribution in [0.15, 0.2) is 35.7 Å². The molecule has 3 rings (SSSR count). The third-order valence-electron chi connectivity index (χ3n) is 4.83. The molecule has 1 aliphatic rings. The molecule has 7 nitrogen and oxygen atoms in total. The second-order valence-corrected chi connectivity index (χ2v) is 6.55.